The van der Waals surface area contributed by atoms with Crippen LogP contribution in [0.4, 0.5) is 0 Å². The molecule has 0 aromatic rings. The quantitative estimate of drug-likeness (QED) is 0.426. The van der Waals surface area contributed by atoms with Crippen molar-refractivity contribution in [1.29, 1.82) is 10.8 Å². The number of hydrogen-bond donors (Lipinski definition) is 4. The normalized spacial score (nSPS) is 12.4. The number of amides is 2. The number of primary amides is 1. The summed E-state index contributed by atoms with van der Waals surface area (Å²) in [6.45, 7) is 7.39. The molecule has 102 valence electrons. The number of nitrogens with two attached hydrogens (primary N) is 1. The lowest BCUT2D eigenvalue weighted by atomic mass is 9.81. The molecule has 0 aliphatic heterocycles. The second kappa shape index (κ2) is 6.13. The molecule has 0 fully saturated rings. The molecule has 1 atom stereocenters. The van der Waals surface area contributed by atoms with Crippen molar-refractivity contribution >= 4 is 23.6 Å². The lowest BCUT2D eigenvalue weighted by molar-refractivity contribution is -0.127. The van der Waals surface area contributed by atoms with E-state index in [4.69, 9.17) is 16.6 Å². The van der Waals surface area contributed by atoms with Crippen molar-refractivity contribution in [3.8, 4) is 0 Å². The lowest BCUT2D eigenvalue weighted by Crippen LogP contribution is -2.40. The zero-order chi connectivity index (χ0) is 14.5. The summed E-state index contributed by atoms with van der Waals surface area (Å²) in [5, 5.41) is 16.8. The van der Waals surface area contributed by atoms with E-state index >= 15 is 0 Å². The van der Waals surface area contributed by atoms with Crippen LogP contribution in [0.25, 0.3) is 0 Å². The highest BCUT2D eigenvalue weighted by molar-refractivity contribution is 6.35. The molecule has 0 aromatic heterocycles. The summed E-state index contributed by atoms with van der Waals surface area (Å²) in [5.41, 5.74) is 4.59. The molecular weight excluding hydrogens is 236 g/mol. The minimum atomic E-state index is -1.06. The maximum Gasteiger partial charge on any atom is 0.304 e. The molecule has 0 bridgehead atoms. The Hall–Kier alpha value is -1.92. The highest BCUT2D eigenvalue weighted by Gasteiger charge is 2.26. The van der Waals surface area contributed by atoms with Crippen molar-refractivity contribution in [3.05, 3.63) is 0 Å². The van der Waals surface area contributed by atoms with E-state index < -0.39 is 17.7 Å². The molecule has 0 aromatic carbocycles. The Morgan fingerprint density at radius 2 is 1.83 bits per heavy atom. The third-order valence-electron chi connectivity index (χ3n) is 2.56. The largest absolute Gasteiger partial charge is 0.419 e. The Kier molecular flexibility index (Phi) is 5.48. The van der Waals surface area contributed by atoms with Crippen LogP contribution in [-0.2, 0) is 14.3 Å². The van der Waals surface area contributed by atoms with Gasteiger partial charge in [0.15, 0.2) is 0 Å². The van der Waals surface area contributed by atoms with Gasteiger partial charge in [0.1, 0.15) is 0 Å². The van der Waals surface area contributed by atoms with Crippen molar-refractivity contribution in [2.75, 3.05) is 6.54 Å². The standard InChI is InChI=1S/C11H20N4O3/c1-6(11(2,3)4)10(17)15-5-7(12)18-9(14)8(13)16/h6,12,14H,5H2,1-4H3,(H2,13,16)(H,15,17). The van der Waals surface area contributed by atoms with Gasteiger partial charge in [-0.2, -0.15) is 0 Å². The number of nitrogens with one attached hydrogen (secondary N) is 3. The molecule has 7 heteroatoms. The molecule has 0 saturated carbocycles. The maximum absolute atomic E-state index is 11.7. The second-order valence-electron chi connectivity index (χ2n) is 5.02. The zero-order valence-corrected chi connectivity index (χ0v) is 11.1. The summed E-state index contributed by atoms with van der Waals surface area (Å²) in [6, 6.07) is 0. The van der Waals surface area contributed by atoms with Gasteiger partial charge in [0, 0.05) is 5.92 Å². The van der Waals surface area contributed by atoms with E-state index in [2.05, 4.69) is 10.1 Å². The number of hydrogen-bond acceptors (Lipinski definition) is 5. The van der Waals surface area contributed by atoms with Gasteiger partial charge >= 0.3 is 5.91 Å². The summed E-state index contributed by atoms with van der Waals surface area (Å²) in [5.74, 6) is -2.75. The van der Waals surface area contributed by atoms with Crippen LogP contribution >= 0.6 is 0 Å². The van der Waals surface area contributed by atoms with Crippen molar-refractivity contribution < 1.29 is 14.3 Å². The van der Waals surface area contributed by atoms with E-state index in [9.17, 15) is 9.59 Å². The topological polar surface area (TPSA) is 129 Å². The Labute approximate surface area is 106 Å². The molecule has 0 spiro atoms. The van der Waals surface area contributed by atoms with Crippen molar-refractivity contribution in [3.63, 3.8) is 0 Å². The van der Waals surface area contributed by atoms with Crippen LogP contribution in [0.3, 0.4) is 0 Å². The highest BCUT2D eigenvalue weighted by atomic mass is 16.5. The predicted octanol–water partition coefficient (Wildman–Crippen LogP) is 0.241. The molecule has 0 aliphatic carbocycles. The second-order valence-corrected chi connectivity index (χ2v) is 5.02. The summed E-state index contributed by atoms with van der Waals surface area (Å²) in [7, 11) is 0. The highest BCUT2D eigenvalue weighted by Crippen LogP contribution is 2.24. The Morgan fingerprint density at radius 1 is 1.33 bits per heavy atom. The first kappa shape index (κ1) is 16.1. The molecule has 5 N–H and O–H groups in total. The third-order valence-corrected chi connectivity index (χ3v) is 2.56. The van der Waals surface area contributed by atoms with Gasteiger partial charge in [-0.1, -0.05) is 27.7 Å². The van der Waals surface area contributed by atoms with Gasteiger partial charge in [-0.25, -0.2) is 0 Å². The van der Waals surface area contributed by atoms with E-state index in [-0.39, 0.29) is 23.8 Å². The van der Waals surface area contributed by atoms with Crippen molar-refractivity contribution in [2.24, 2.45) is 17.1 Å². The van der Waals surface area contributed by atoms with Crippen LogP contribution in [0, 0.1) is 22.2 Å². The number of rotatable bonds is 3. The van der Waals surface area contributed by atoms with Crippen molar-refractivity contribution in [2.45, 2.75) is 27.7 Å². The molecule has 0 radical (unpaired) electrons. The van der Waals surface area contributed by atoms with E-state index in [0.29, 0.717) is 0 Å². The minimum absolute atomic E-state index is 0.186. The van der Waals surface area contributed by atoms with Crippen LogP contribution in [-0.4, -0.2) is 30.2 Å². The summed E-state index contributed by atoms with van der Waals surface area (Å²) in [4.78, 5) is 22.2. The van der Waals surface area contributed by atoms with Crippen LogP contribution in [0.15, 0.2) is 0 Å². The van der Waals surface area contributed by atoms with Crippen LogP contribution in [0.5, 0.6) is 0 Å². The molecular formula is C11H20N4O3. The van der Waals surface area contributed by atoms with Crippen molar-refractivity contribution in [1.82, 2.24) is 5.32 Å². The third kappa shape index (κ3) is 5.42. The molecule has 0 heterocycles. The smallest absolute Gasteiger partial charge is 0.304 e. The Morgan fingerprint density at radius 3 is 2.22 bits per heavy atom. The maximum atomic E-state index is 11.7. The first-order valence-corrected chi connectivity index (χ1v) is 5.47. The van der Waals surface area contributed by atoms with E-state index in [1.165, 1.54) is 0 Å². The Balaban J connectivity index is 4.19. The van der Waals surface area contributed by atoms with Gasteiger partial charge in [-0.15, -0.1) is 0 Å². The summed E-state index contributed by atoms with van der Waals surface area (Å²) in [6.07, 6.45) is 0. The molecule has 7 nitrogen and oxygen atoms in total. The monoisotopic (exact) mass is 256 g/mol. The molecule has 0 aliphatic rings. The molecule has 0 rings (SSSR count). The SMILES string of the molecule is CC(C(=O)NCC(=N)OC(=N)C(N)=O)C(C)(C)C. The minimum Gasteiger partial charge on any atom is -0.419 e. The lowest BCUT2D eigenvalue weighted by Gasteiger charge is -2.26. The van der Waals surface area contributed by atoms with Gasteiger partial charge in [0.2, 0.25) is 11.8 Å². The Bertz CT molecular complexity index is 371. The fourth-order valence-corrected chi connectivity index (χ4v) is 0.923. The number of carbonyl (C=O) groups excluding carboxylic acids is 2. The van der Waals surface area contributed by atoms with Gasteiger partial charge in [-0.05, 0) is 5.41 Å². The van der Waals surface area contributed by atoms with Crippen LogP contribution in [0.2, 0.25) is 0 Å². The fourth-order valence-electron chi connectivity index (χ4n) is 0.923. The summed E-state index contributed by atoms with van der Waals surface area (Å²) >= 11 is 0. The number of ether oxygens (including phenoxy) is 1. The van der Waals surface area contributed by atoms with Gasteiger partial charge in [-0.3, -0.25) is 20.4 Å². The zero-order valence-electron chi connectivity index (χ0n) is 11.1. The summed E-state index contributed by atoms with van der Waals surface area (Å²) < 4.78 is 4.50. The van der Waals surface area contributed by atoms with E-state index in [1.54, 1.807) is 6.92 Å². The molecule has 0 saturated heterocycles. The van der Waals surface area contributed by atoms with Crippen LogP contribution < -0.4 is 11.1 Å². The fraction of sp³-hybridized carbons (Fsp3) is 0.636. The van der Waals surface area contributed by atoms with Gasteiger partial charge < -0.3 is 15.8 Å². The van der Waals surface area contributed by atoms with Gasteiger partial charge in [0.05, 0.1) is 6.54 Å². The number of carbonyl (C=O) groups is 2. The molecule has 1 unspecified atom stereocenters. The molecule has 2 amide bonds. The predicted molar refractivity (Wildman–Crippen MR) is 67.4 cm³/mol. The first-order chi connectivity index (χ1) is 8.05. The van der Waals surface area contributed by atoms with Gasteiger partial charge in [0.25, 0.3) is 5.90 Å². The average Bonchev–Trinajstić information content (AvgIpc) is 2.23. The van der Waals surface area contributed by atoms with Crippen LogP contribution in [0.1, 0.15) is 27.7 Å². The van der Waals surface area contributed by atoms with E-state index in [1.807, 2.05) is 20.8 Å². The first-order valence-electron chi connectivity index (χ1n) is 5.47. The average molecular weight is 256 g/mol. The molecule has 18 heavy (non-hydrogen) atoms. The van der Waals surface area contributed by atoms with E-state index in [0.717, 1.165) is 0 Å².